The van der Waals surface area contributed by atoms with Crippen LogP contribution in [0.25, 0.3) is 0 Å². The molecule has 0 aliphatic heterocycles. The van der Waals surface area contributed by atoms with Crippen LogP contribution in [0.2, 0.25) is 0 Å². The standard InChI is InChI=1S/C22H31NO2/c1-5-17(3)21-12-7-8-13-22(21)24-15-14-23-19-10-9-11-20(16-19)25-18(4)6-2/h7-13,16-18,23H,5-6,14-15H2,1-4H3/t17-,18+/m1/s1. The van der Waals surface area contributed by atoms with Crippen molar-refractivity contribution in [3.63, 3.8) is 0 Å². The third-order valence-electron chi connectivity index (χ3n) is 4.50. The lowest BCUT2D eigenvalue weighted by Gasteiger charge is -2.16. The molecular formula is C22H31NO2. The van der Waals surface area contributed by atoms with Crippen LogP contribution in [0, 0.1) is 0 Å². The Morgan fingerprint density at radius 3 is 2.52 bits per heavy atom. The number of anilines is 1. The number of hydrogen-bond donors (Lipinski definition) is 1. The van der Waals surface area contributed by atoms with Crippen molar-refractivity contribution in [2.24, 2.45) is 0 Å². The van der Waals surface area contributed by atoms with Crippen LogP contribution in [-0.4, -0.2) is 19.3 Å². The van der Waals surface area contributed by atoms with Crippen molar-refractivity contribution >= 4 is 5.69 Å². The lowest BCUT2D eigenvalue weighted by Crippen LogP contribution is -2.13. The highest BCUT2D eigenvalue weighted by atomic mass is 16.5. The van der Waals surface area contributed by atoms with Crippen LogP contribution in [0.3, 0.4) is 0 Å². The molecule has 0 fully saturated rings. The molecule has 0 saturated heterocycles. The molecule has 0 radical (unpaired) electrons. The second-order valence-corrected chi connectivity index (χ2v) is 6.49. The van der Waals surface area contributed by atoms with E-state index in [4.69, 9.17) is 9.47 Å². The zero-order valence-corrected chi connectivity index (χ0v) is 15.9. The van der Waals surface area contributed by atoms with Crippen molar-refractivity contribution in [2.45, 2.75) is 52.6 Å². The summed E-state index contributed by atoms with van der Waals surface area (Å²) < 4.78 is 11.9. The summed E-state index contributed by atoms with van der Waals surface area (Å²) in [4.78, 5) is 0. The Morgan fingerprint density at radius 2 is 1.76 bits per heavy atom. The molecule has 0 aromatic heterocycles. The molecule has 3 heteroatoms. The fourth-order valence-electron chi connectivity index (χ4n) is 2.59. The first-order valence-corrected chi connectivity index (χ1v) is 9.36. The highest BCUT2D eigenvalue weighted by Gasteiger charge is 2.09. The Hall–Kier alpha value is -2.16. The summed E-state index contributed by atoms with van der Waals surface area (Å²) >= 11 is 0. The number of para-hydroxylation sites is 1. The van der Waals surface area contributed by atoms with Crippen LogP contribution in [0.5, 0.6) is 11.5 Å². The van der Waals surface area contributed by atoms with E-state index in [9.17, 15) is 0 Å². The van der Waals surface area contributed by atoms with Gasteiger partial charge in [0.05, 0.1) is 6.10 Å². The van der Waals surface area contributed by atoms with E-state index in [0.717, 1.165) is 36.6 Å². The molecule has 0 heterocycles. The van der Waals surface area contributed by atoms with E-state index in [1.165, 1.54) is 5.56 Å². The van der Waals surface area contributed by atoms with Crippen molar-refractivity contribution in [3.05, 3.63) is 54.1 Å². The van der Waals surface area contributed by atoms with E-state index < -0.39 is 0 Å². The van der Waals surface area contributed by atoms with E-state index in [1.807, 2.05) is 24.3 Å². The fourth-order valence-corrected chi connectivity index (χ4v) is 2.59. The van der Waals surface area contributed by atoms with Crippen molar-refractivity contribution in [1.29, 1.82) is 0 Å². The molecule has 0 aliphatic carbocycles. The summed E-state index contributed by atoms with van der Waals surface area (Å²) in [6.45, 7) is 10.0. The van der Waals surface area contributed by atoms with Crippen molar-refractivity contribution in [1.82, 2.24) is 0 Å². The van der Waals surface area contributed by atoms with Crippen LogP contribution in [-0.2, 0) is 0 Å². The molecule has 0 spiro atoms. The summed E-state index contributed by atoms with van der Waals surface area (Å²) in [7, 11) is 0. The lowest BCUT2D eigenvalue weighted by molar-refractivity contribution is 0.217. The number of nitrogens with one attached hydrogen (secondary N) is 1. The van der Waals surface area contributed by atoms with Crippen LogP contribution in [0.15, 0.2) is 48.5 Å². The molecule has 1 N–H and O–H groups in total. The second-order valence-electron chi connectivity index (χ2n) is 6.49. The summed E-state index contributed by atoms with van der Waals surface area (Å²) in [6, 6.07) is 16.4. The van der Waals surface area contributed by atoms with E-state index in [0.29, 0.717) is 12.5 Å². The third-order valence-corrected chi connectivity index (χ3v) is 4.50. The van der Waals surface area contributed by atoms with Gasteiger partial charge in [-0.1, -0.05) is 45.0 Å². The smallest absolute Gasteiger partial charge is 0.122 e. The van der Waals surface area contributed by atoms with Crippen molar-refractivity contribution in [2.75, 3.05) is 18.5 Å². The summed E-state index contributed by atoms with van der Waals surface area (Å²) in [5.41, 5.74) is 2.34. The molecule has 2 aromatic rings. The highest BCUT2D eigenvalue weighted by Crippen LogP contribution is 2.28. The van der Waals surface area contributed by atoms with E-state index in [-0.39, 0.29) is 6.10 Å². The normalized spacial score (nSPS) is 13.1. The van der Waals surface area contributed by atoms with Gasteiger partial charge in [-0.05, 0) is 49.4 Å². The van der Waals surface area contributed by atoms with Gasteiger partial charge in [0.1, 0.15) is 18.1 Å². The van der Waals surface area contributed by atoms with E-state index >= 15 is 0 Å². The molecule has 3 nitrogen and oxygen atoms in total. The number of hydrogen-bond acceptors (Lipinski definition) is 3. The highest BCUT2D eigenvalue weighted by molar-refractivity contribution is 5.48. The van der Waals surface area contributed by atoms with E-state index in [1.54, 1.807) is 0 Å². The quantitative estimate of drug-likeness (QED) is 0.548. The van der Waals surface area contributed by atoms with Crippen molar-refractivity contribution in [3.8, 4) is 11.5 Å². The topological polar surface area (TPSA) is 30.5 Å². The lowest BCUT2D eigenvalue weighted by atomic mass is 9.98. The van der Waals surface area contributed by atoms with Crippen LogP contribution in [0.4, 0.5) is 5.69 Å². The van der Waals surface area contributed by atoms with Crippen LogP contribution < -0.4 is 14.8 Å². The largest absolute Gasteiger partial charge is 0.491 e. The zero-order chi connectivity index (χ0) is 18.1. The number of rotatable bonds is 10. The molecule has 2 atom stereocenters. The maximum absolute atomic E-state index is 6.00. The second kappa shape index (κ2) is 9.97. The molecule has 0 bridgehead atoms. The number of benzene rings is 2. The molecule has 2 aromatic carbocycles. The van der Waals surface area contributed by atoms with Gasteiger partial charge in [0.2, 0.25) is 0 Å². The monoisotopic (exact) mass is 341 g/mol. The Bertz CT molecular complexity index is 641. The minimum absolute atomic E-state index is 0.232. The first kappa shape index (κ1) is 19.2. The molecule has 25 heavy (non-hydrogen) atoms. The zero-order valence-electron chi connectivity index (χ0n) is 15.9. The molecule has 0 saturated carbocycles. The summed E-state index contributed by atoms with van der Waals surface area (Å²) in [5, 5.41) is 3.40. The SMILES string of the molecule is CC[C@@H](C)c1ccccc1OCCNc1cccc(O[C@@H](C)CC)c1. The van der Waals surface area contributed by atoms with Gasteiger partial charge in [-0.15, -0.1) is 0 Å². The van der Waals surface area contributed by atoms with Crippen LogP contribution >= 0.6 is 0 Å². The van der Waals surface area contributed by atoms with Gasteiger partial charge in [-0.3, -0.25) is 0 Å². The van der Waals surface area contributed by atoms with E-state index in [2.05, 4.69) is 57.3 Å². The van der Waals surface area contributed by atoms with Gasteiger partial charge < -0.3 is 14.8 Å². The predicted octanol–water partition coefficient (Wildman–Crippen LogP) is 5.87. The molecule has 136 valence electrons. The maximum Gasteiger partial charge on any atom is 0.122 e. The first-order chi connectivity index (χ1) is 12.1. The van der Waals surface area contributed by atoms with Gasteiger partial charge in [0.25, 0.3) is 0 Å². The van der Waals surface area contributed by atoms with Gasteiger partial charge in [-0.25, -0.2) is 0 Å². The summed E-state index contributed by atoms with van der Waals surface area (Å²) in [5.74, 6) is 2.41. The molecule has 2 rings (SSSR count). The number of ether oxygens (including phenoxy) is 2. The average molecular weight is 341 g/mol. The first-order valence-electron chi connectivity index (χ1n) is 9.36. The minimum Gasteiger partial charge on any atom is -0.491 e. The summed E-state index contributed by atoms with van der Waals surface area (Å²) in [6.07, 6.45) is 2.35. The fraction of sp³-hybridized carbons (Fsp3) is 0.455. The van der Waals surface area contributed by atoms with Gasteiger partial charge in [-0.2, -0.15) is 0 Å². The third kappa shape index (κ3) is 6.00. The Morgan fingerprint density at radius 1 is 0.960 bits per heavy atom. The van der Waals surface area contributed by atoms with Gasteiger partial charge >= 0.3 is 0 Å². The van der Waals surface area contributed by atoms with Gasteiger partial charge in [0, 0.05) is 18.3 Å². The average Bonchev–Trinajstić information content (AvgIpc) is 2.65. The minimum atomic E-state index is 0.232. The Balaban J connectivity index is 1.85. The predicted molar refractivity (Wildman–Crippen MR) is 106 cm³/mol. The van der Waals surface area contributed by atoms with Crippen molar-refractivity contribution < 1.29 is 9.47 Å². The maximum atomic E-state index is 6.00. The Kier molecular flexibility index (Phi) is 7.65. The molecular weight excluding hydrogens is 310 g/mol. The van der Waals surface area contributed by atoms with Gasteiger partial charge in [0.15, 0.2) is 0 Å². The molecule has 0 amide bonds. The Labute approximate surface area is 152 Å². The van der Waals surface area contributed by atoms with Crippen LogP contribution in [0.1, 0.15) is 52.0 Å². The molecule has 0 unspecified atom stereocenters. The molecule has 0 aliphatic rings.